The van der Waals surface area contributed by atoms with Gasteiger partial charge in [0.15, 0.2) is 0 Å². The second kappa shape index (κ2) is 6.52. The van der Waals surface area contributed by atoms with Crippen LogP contribution in [0, 0.1) is 6.92 Å². The minimum atomic E-state index is 0.0420. The highest BCUT2D eigenvalue weighted by atomic mass is 79.9. The van der Waals surface area contributed by atoms with Gasteiger partial charge in [-0.2, -0.15) is 0 Å². The molecule has 0 radical (unpaired) electrons. The molecule has 0 spiro atoms. The van der Waals surface area contributed by atoms with Crippen LogP contribution in [0.5, 0.6) is 5.75 Å². The number of hydrogen-bond donors (Lipinski definition) is 2. The number of thiophene rings is 1. The summed E-state index contributed by atoms with van der Waals surface area (Å²) >= 11 is 5.20. The fourth-order valence-electron chi connectivity index (χ4n) is 2.05. The molecule has 102 valence electrons. The predicted molar refractivity (Wildman–Crippen MR) is 83.5 cm³/mol. The van der Waals surface area contributed by atoms with E-state index in [1.807, 2.05) is 12.1 Å². The smallest absolute Gasteiger partial charge is 0.123 e. The van der Waals surface area contributed by atoms with Gasteiger partial charge >= 0.3 is 0 Å². The molecule has 0 aliphatic rings. The maximum absolute atomic E-state index is 5.72. The first-order chi connectivity index (χ1) is 9.13. The normalized spacial score (nSPS) is 12.4. The molecule has 1 aromatic heterocycles. The maximum Gasteiger partial charge on any atom is 0.123 e. The fraction of sp³-hybridized carbons (Fsp3) is 0.286. The van der Waals surface area contributed by atoms with Gasteiger partial charge in [-0.15, -0.1) is 11.3 Å². The van der Waals surface area contributed by atoms with Crippen LogP contribution in [0.2, 0.25) is 0 Å². The Balaban J connectivity index is 2.28. The molecule has 5 heteroatoms. The Morgan fingerprint density at radius 3 is 2.79 bits per heavy atom. The van der Waals surface area contributed by atoms with Crippen LogP contribution in [-0.2, 0) is 6.42 Å². The van der Waals surface area contributed by atoms with Gasteiger partial charge in [-0.3, -0.25) is 11.3 Å². The summed E-state index contributed by atoms with van der Waals surface area (Å²) in [5.74, 6) is 6.59. The van der Waals surface area contributed by atoms with Crippen molar-refractivity contribution in [2.45, 2.75) is 19.4 Å². The van der Waals surface area contributed by atoms with E-state index in [9.17, 15) is 0 Å². The lowest BCUT2D eigenvalue weighted by atomic mass is 10.0. The van der Waals surface area contributed by atoms with E-state index in [2.05, 4.69) is 45.8 Å². The Kier molecular flexibility index (Phi) is 4.99. The van der Waals surface area contributed by atoms with E-state index >= 15 is 0 Å². The lowest BCUT2D eigenvalue weighted by Crippen LogP contribution is -2.29. The molecule has 0 fully saturated rings. The molecule has 0 amide bonds. The molecule has 1 aromatic carbocycles. The van der Waals surface area contributed by atoms with Gasteiger partial charge in [-0.05, 0) is 35.0 Å². The number of ether oxygens (including phenoxy) is 1. The number of nitrogens with one attached hydrogen (secondary N) is 1. The molecule has 0 saturated heterocycles. The highest BCUT2D eigenvalue weighted by molar-refractivity contribution is 9.10. The van der Waals surface area contributed by atoms with Crippen molar-refractivity contribution in [3.63, 3.8) is 0 Å². The van der Waals surface area contributed by atoms with Crippen molar-refractivity contribution in [3.05, 3.63) is 50.1 Å². The number of hydrogen-bond acceptors (Lipinski definition) is 4. The van der Waals surface area contributed by atoms with Gasteiger partial charge in [0.05, 0.1) is 13.2 Å². The topological polar surface area (TPSA) is 47.3 Å². The molecular formula is C14H17BrN2OS. The van der Waals surface area contributed by atoms with Gasteiger partial charge in [-0.1, -0.05) is 17.7 Å². The zero-order chi connectivity index (χ0) is 13.8. The van der Waals surface area contributed by atoms with Crippen LogP contribution in [0.4, 0.5) is 0 Å². The molecule has 2 aromatic rings. The SMILES string of the molecule is COc1ccc(C)cc1C(Cc1cc(Br)cs1)NN. The van der Waals surface area contributed by atoms with Gasteiger partial charge in [0.1, 0.15) is 5.75 Å². The fourth-order valence-corrected chi connectivity index (χ4v) is 3.54. The van der Waals surface area contributed by atoms with E-state index in [0.29, 0.717) is 0 Å². The van der Waals surface area contributed by atoms with Crippen LogP contribution < -0.4 is 16.0 Å². The Morgan fingerprint density at radius 2 is 2.21 bits per heavy atom. The minimum Gasteiger partial charge on any atom is -0.496 e. The molecule has 1 heterocycles. The number of rotatable bonds is 5. The van der Waals surface area contributed by atoms with Gasteiger partial charge in [0.2, 0.25) is 0 Å². The van der Waals surface area contributed by atoms with E-state index < -0.39 is 0 Å². The van der Waals surface area contributed by atoms with Crippen molar-refractivity contribution >= 4 is 27.3 Å². The van der Waals surface area contributed by atoms with Crippen LogP contribution in [-0.4, -0.2) is 7.11 Å². The summed E-state index contributed by atoms with van der Waals surface area (Å²) in [7, 11) is 1.68. The molecule has 3 nitrogen and oxygen atoms in total. The Labute approximate surface area is 125 Å². The number of methoxy groups -OCH3 is 1. The first-order valence-corrected chi connectivity index (χ1v) is 7.65. The Bertz CT molecular complexity index is 556. The second-order valence-electron chi connectivity index (χ2n) is 4.40. The molecule has 19 heavy (non-hydrogen) atoms. The van der Waals surface area contributed by atoms with Crippen molar-refractivity contribution in [1.29, 1.82) is 0 Å². The molecule has 1 atom stereocenters. The third-order valence-electron chi connectivity index (χ3n) is 2.99. The average molecular weight is 341 g/mol. The van der Waals surface area contributed by atoms with E-state index in [0.717, 1.165) is 22.2 Å². The van der Waals surface area contributed by atoms with Crippen molar-refractivity contribution in [3.8, 4) is 5.75 Å². The standard InChI is InChI=1S/C14H17BrN2OS/c1-9-3-4-14(18-2)12(5-9)13(17-16)7-11-6-10(15)8-19-11/h3-6,8,13,17H,7,16H2,1-2H3. The van der Waals surface area contributed by atoms with E-state index in [-0.39, 0.29) is 6.04 Å². The third-order valence-corrected chi connectivity index (χ3v) is 4.71. The monoisotopic (exact) mass is 340 g/mol. The highest BCUT2D eigenvalue weighted by Gasteiger charge is 2.16. The van der Waals surface area contributed by atoms with E-state index in [4.69, 9.17) is 10.6 Å². The summed E-state index contributed by atoms with van der Waals surface area (Å²) in [6.45, 7) is 2.07. The van der Waals surface area contributed by atoms with Crippen LogP contribution in [0.25, 0.3) is 0 Å². The number of aryl methyl sites for hydroxylation is 1. The van der Waals surface area contributed by atoms with E-state index in [1.54, 1.807) is 18.4 Å². The number of nitrogens with two attached hydrogens (primary N) is 1. The van der Waals surface area contributed by atoms with E-state index in [1.165, 1.54) is 10.4 Å². The van der Waals surface area contributed by atoms with Crippen LogP contribution in [0.15, 0.2) is 34.1 Å². The summed E-state index contributed by atoms with van der Waals surface area (Å²) in [4.78, 5) is 1.28. The summed E-state index contributed by atoms with van der Waals surface area (Å²) < 4.78 is 6.54. The summed E-state index contributed by atoms with van der Waals surface area (Å²) in [6.07, 6.45) is 0.840. The first kappa shape index (κ1) is 14.5. The molecule has 0 saturated carbocycles. The highest BCUT2D eigenvalue weighted by Crippen LogP contribution is 2.30. The lowest BCUT2D eigenvalue weighted by Gasteiger charge is -2.19. The van der Waals surface area contributed by atoms with Crippen LogP contribution in [0.3, 0.4) is 0 Å². The molecule has 0 aliphatic heterocycles. The van der Waals surface area contributed by atoms with Crippen molar-refractivity contribution in [2.24, 2.45) is 5.84 Å². The number of hydrazine groups is 1. The molecule has 0 bridgehead atoms. The molecule has 3 N–H and O–H groups in total. The summed E-state index contributed by atoms with van der Waals surface area (Å²) in [6, 6.07) is 8.31. The zero-order valence-electron chi connectivity index (χ0n) is 10.9. The summed E-state index contributed by atoms with van der Waals surface area (Å²) in [5, 5.41) is 2.08. The van der Waals surface area contributed by atoms with Crippen molar-refractivity contribution in [1.82, 2.24) is 5.43 Å². The molecular weight excluding hydrogens is 324 g/mol. The predicted octanol–water partition coefficient (Wildman–Crippen LogP) is 3.57. The quantitative estimate of drug-likeness (QED) is 0.646. The van der Waals surface area contributed by atoms with Gasteiger partial charge in [0.25, 0.3) is 0 Å². The van der Waals surface area contributed by atoms with Crippen LogP contribution >= 0.6 is 27.3 Å². The average Bonchev–Trinajstić information content (AvgIpc) is 2.81. The minimum absolute atomic E-state index is 0.0420. The van der Waals surface area contributed by atoms with Crippen molar-refractivity contribution in [2.75, 3.05) is 7.11 Å². The van der Waals surface area contributed by atoms with Crippen LogP contribution in [0.1, 0.15) is 22.0 Å². The van der Waals surface area contributed by atoms with Crippen molar-refractivity contribution < 1.29 is 4.74 Å². The maximum atomic E-state index is 5.72. The second-order valence-corrected chi connectivity index (χ2v) is 6.31. The van der Waals surface area contributed by atoms with Gasteiger partial charge in [0, 0.05) is 26.7 Å². The molecule has 0 aliphatic carbocycles. The number of benzene rings is 1. The lowest BCUT2D eigenvalue weighted by molar-refractivity contribution is 0.399. The largest absolute Gasteiger partial charge is 0.496 e. The zero-order valence-corrected chi connectivity index (χ0v) is 13.3. The summed E-state index contributed by atoms with van der Waals surface area (Å²) in [5.41, 5.74) is 5.18. The van der Waals surface area contributed by atoms with Gasteiger partial charge in [-0.25, -0.2) is 0 Å². The first-order valence-electron chi connectivity index (χ1n) is 5.97. The third kappa shape index (κ3) is 3.57. The van der Waals surface area contributed by atoms with Gasteiger partial charge < -0.3 is 4.74 Å². The number of halogens is 1. The molecule has 1 unspecified atom stereocenters. The molecule has 2 rings (SSSR count). The Morgan fingerprint density at radius 1 is 1.42 bits per heavy atom. The Hall–Kier alpha value is -0.880.